The van der Waals surface area contributed by atoms with Gasteiger partial charge in [-0.1, -0.05) is 55.9 Å². The van der Waals surface area contributed by atoms with Crippen molar-refractivity contribution in [1.82, 2.24) is 5.32 Å². The van der Waals surface area contributed by atoms with Gasteiger partial charge in [0.05, 0.1) is 0 Å². The molecule has 0 saturated heterocycles. The average molecular weight is 312 g/mol. The van der Waals surface area contributed by atoms with E-state index < -0.39 is 0 Å². The minimum atomic E-state index is 0.729. The van der Waals surface area contributed by atoms with Crippen LogP contribution >= 0.6 is 0 Å². The fourth-order valence-corrected chi connectivity index (χ4v) is 5.00. The molecule has 4 rings (SSSR count). The Hall–Kier alpha value is -0.820. The molecule has 1 N–H and O–H groups in total. The monoisotopic (exact) mass is 311 g/mol. The summed E-state index contributed by atoms with van der Waals surface area (Å²) in [6.07, 6.45) is 14.3. The normalized spacial score (nSPS) is 28.6. The van der Waals surface area contributed by atoms with Crippen LogP contribution in [0.5, 0.6) is 0 Å². The predicted octanol–water partition coefficient (Wildman–Crippen LogP) is 5.36. The number of aryl methyl sites for hydroxylation is 2. The van der Waals surface area contributed by atoms with Gasteiger partial charge in [-0.3, -0.25) is 0 Å². The molecule has 1 aromatic carbocycles. The second-order valence-electron chi connectivity index (χ2n) is 8.55. The molecule has 0 heterocycles. The molecule has 2 fully saturated rings. The Morgan fingerprint density at radius 2 is 1.78 bits per heavy atom. The van der Waals surface area contributed by atoms with E-state index in [0.29, 0.717) is 0 Å². The van der Waals surface area contributed by atoms with E-state index in [1.54, 1.807) is 11.1 Å². The number of benzene rings is 1. The van der Waals surface area contributed by atoms with Crippen molar-refractivity contribution in [1.29, 1.82) is 0 Å². The van der Waals surface area contributed by atoms with Gasteiger partial charge >= 0.3 is 0 Å². The molecule has 1 nitrogen and oxygen atoms in total. The van der Waals surface area contributed by atoms with Gasteiger partial charge in [0.25, 0.3) is 0 Å². The van der Waals surface area contributed by atoms with Crippen molar-refractivity contribution in [3.8, 4) is 0 Å². The zero-order valence-electron chi connectivity index (χ0n) is 14.8. The summed E-state index contributed by atoms with van der Waals surface area (Å²) in [4.78, 5) is 0. The largest absolute Gasteiger partial charge is 0.313 e. The van der Waals surface area contributed by atoms with Gasteiger partial charge < -0.3 is 5.32 Å². The summed E-state index contributed by atoms with van der Waals surface area (Å²) < 4.78 is 0. The molecule has 0 aromatic heterocycles. The van der Waals surface area contributed by atoms with E-state index in [2.05, 4.69) is 30.4 Å². The van der Waals surface area contributed by atoms with Gasteiger partial charge in [-0.05, 0) is 74.5 Å². The lowest BCUT2D eigenvalue weighted by molar-refractivity contribution is 0.294. The first-order valence-electron chi connectivity index (χ1n) is 10.1. The lowest BCUT2D eigenvalue weighted by atomic mass is 9.76. The van der Waals surface area contributed by atoms with Gasteiger partial charge in [0.2, 0.25) is 0 Å². The van der Waals surface area contributed by atoms with E-state index in [0.717, 1.165) is 23.8 Å². The summed E-state index contributed by atoms with van der Waals surface area (Å²) in [6.45, 7) is 3.51. The van der Waals surface area contributed by atoms with Crippen molar-refractivity contribution in [2.24, 2.45) is 11.8 Å². The minimum absolute atomic E-state index is 0.729. The van der Waals surface area contributed by atoms with Crippen molar-refractivity contribution >= 4 is 0 Å². The quantitative estimate of drug-likeness (QED) is 0.771. The Kier molecular flexibility index (Phi) is 4.76. The molecule has 0 spiro atoms. The first-order chi connectivity index (χ1) is 11.3. The molecule has 0 radical (unpaired) electrons. The molecule has 1 heteroatoms. The Morgan fingerprint density at radius 3 is 2.57 bits per heavy atom. The Labute approximate surface area is 142 Å². The van der Waals surface area contributed by atoms with Gasteiger partial charge in [0.1, 0.15) is 0 Å². The molecule has 0 bridgehead atoms. The summed E-state index contributed by atoms with van der Waals surface area (Å²) in [7, 11) is 0. The molecule has 1 aromatic rings. The Balaban J connectivity index is 1.45. The predicted molar refractivity (Wildman–Crippen MR) is 97.9 cm³/mol. The maximum atomic E-state index is 4.03. The molecule has 3 aliphatic rings. The number of rotatable bonds is 5. The van der Waals surface area contributed by atoms with Crippen LogP contribution in [0.4, 0.5) is 0 Å². The Bertz CT molecular complexity index is 525. The molecule has 2 saturated carbocycles. The SMILES string of the molecule is Cc1ccc2c(c1)CCC(NCC1CCCCC1)C2CC1CC1. The van der Waals surface area contributed by atoms with E-state index in [1.807, 2.05) is 0 Å². The van der Waals surface area contributed by atoms with Crippen LogP contribution in [-0.2, 0) is 6.42 Å². The lowest BCUT2D eigenvalue weighted by Gasteiger charge is -2.36. The first-order valence-corrected chi connectivity index (χ1v) is 10.1. The van der Waals surface area contributed by atoms with Gasteiger partial charge in [0, 0.05) is 6.04 Å². The van der Waals surface area contributed by atoms with Crippen LogP contribution in [0.2, 0.25) is 0 Å². The zero-order valence-corrected chi connectivity index (χ0v) is 14.8. The third-order valence-electron chi connectivity index (χ3n) is 6.59. The van der Waals surface area contributed by atoms with E-state index in [9.17, 15) is 0 Å². The van der Waals surface area contributed by atoms with Crippen LogP contribution in [0.15, 0.2) is 18.2 Å². The highest BCUT2D eigenvalue weighted by Gasteiger charge is 2.34. The highest BCUT2D eigenvalue weighted by molar-refractivity contribution is 5.37. The second-order valence-corrected chi connectivity index (χ2v) is 8.55. The van der Waals surface area contributed by atoms with Crippen LogP contribution in [0.3, 0.4) is 0 Å². The number of hydrogen-bond acceptors (Lipinski definition) is 1. The van der Waals surface area contributed by atoms with E-state index in [-0.39, 0.29) is 0 Å². The van der Waals surface area contributed by atoms with E-state index in [1.165, 1.54) is 76.3 Å². The molecular formula is C22H33N. The highest BCUT2D eigenvalue weighted by Crippen LogP contribution is 2.43. The standard InChI is InChI=1S/C22H33N/c1-16-7-11-20-19(13-16)10-12-22(21(20)14-17-8-9-17)23-15-18-5-3-2-4-6-18/h7,11,13,17-18,21-23H,2-6,8-10,12,14-15H2,1H3. The molecule has 0 aliphatic heterocycles. The van der Waals surface area contributed by atoms with Crippen LogP contribution in [0.25, 0.3) is 0 Å². The molecule has 2 atom stereocenters. The maximum absolute atomic E-state index is 4.03. The lowest BCUT2D eigenvalue weighted by Crippen LogP contribution is -2.41. The molecule has 2 unspecified atom stereocenters. The van der Waals surface area contributed by atoms with Gasteiger partial charge in [-0.2, -0.15) is 0 Å². The second kappa shape index (κ2) is 6.97. The minimum Gasteiger partial charge on any atom is -0.313 e. The first kappa shape index (κ1) is 15.7. The van der Waals surface area contributed by atoms with Crippen molar-refractivity contribution in [2.75, 3.05) is 6.54 Å². The van der Waals surface area contributed by atoms with Crippen molar-refractivity contribution in [2.45, 2.75) is 83.1 Å². The van der Waals surface area contributed by atoms with E-state index in [4.69, 9.17) is 0 Å². The number of hydrogen-bond donors (Lipinski definition) is 1. The van der Waals surface area contributed by atoms with Gasteiger partial charge in [-0.15, -0.1) is 0 Å². The summed E-state index contributed by atoms with van der Waals surface area (Å²) >= 11 is 0. The third kappa shape index (κ3) is 3.82. The highest BCUT2D eigenvalue weighted by atomic mass is 14.9. The summed E-state index contributed by atoms with van der Waals surface area (Å²) in [5, 5.41) is 4.03. The number of nitrogens with one attached hydrogen (secondary N) is 1. The average Bonchev–Trinajstić information content (AvgIpc) is 3.39. The van der Waals surface area contributed by atoms with Gasteiger partial charge in [0.15, 0.2) is 0 Å². The topological polar surface area (TPSA) is 12.0 Å². The number of fused-ring (bicyclic) bond motifs is 1. The molecule has 23 heavy (non-hydrogen) atoms. The Morgan fingerprint density at radius 1 is 0.957 bits per heavy atom. The smallest absolute Gasteiger partial charge is 0.0139 e. The van der Waals surface area contributed by atoms with Crippen molar-refractivity contribution in [3.63, 3.8) is 0 Å². The van der Waals surface area contributed by atoms with Crippen molar-refractivity contribution < 1.29 is 0 Å². The van der Waals surface area contributed by atoms with Crippen LogP contribution < -0.4 is 5.32 Å². The maximum Gasteiger partial charge on any atom is 0.0139 e. The van der Waals surface area contributed by atoms with Crippen molar-refractivity contribution in [3.05, 3.63) is 34.9 Å². The molecule has 3 aliphatic carbocycles. The molecule has 0 amide bonds. The summed E-state index contributed by atoms with van der Waals surface area (Å²) in [5.41, 5.74) is 4.75. The van der Waals surface area contributed by atoms with E-state index >= 15 is 0 Å². The molecule has 126 valence electrons. The summed E-state index contributed by atoms with van der Waals surface area (Å²) in [6, 6.07) is 7.97. The third-order valence-corrected chi connectivity index (χ3v) is 6.59. The molecular weight excluding hydrogens is 278 g/mol. The zero-order chi connectivity index (χ0) is 15.6. The fraction of sp³-hybridized carbons (Fsp3) is 0.727. The van der Waals surface area contributed by atoms with Crippen LogP contribution in [-0.4, -0.2) is 12.6 Å². The van der Waals surface area contributed by atoms with Gasteiger partial charge in [-0.25, -0.2) is 0 Å². The fourth-order valence-electron chi connectivity index (χ4n) is 5.00. The van der Waals surface area contributed by atoms with Crippen LogP contribution in [0, 0.1) is 18.8 Å². The van der Waals surface area contributed by atoms with Crippen LogP contribution in [0.1, 0.15) is 80.4 Å². The summed E-state index contributed by atoms with van der Waals surface area (Å²) in [5.74, 6) is 2.74.